The van der Waals surface area contributed by atoms with Gasteiger partial charge >= 0.3 is 24.5 Å². The zero-order valence-electron chi connectivity index (χ0n) is 13.9. The van der Waals surface area contributed by atoms with E-state index < -0.39 is 34.6 Å². The van der Waals surface area contributed by atoms with Crippen LogP contribution in [0.2, 0.25) is 0 Å². The summed E-state index contributed by atoms with van der Waals surface area (Å²) in [5, 5.41) is 2.45. The number of carbonyl (C=O) groups excluding carboxylic acids is 2. The summed E-state index contributed by atoms with van der Waals surface area (Å²) in [5.41, 5.74) is 0. The average Bonchev–Trinajstić information content (AvgIpc) is 2.52. The van der Waals surface area contributed by atoms with Crippen LogP contribution < -0.4 is 0 Å². The van der Waals surface area contributed by atoms with Crippen molar-refractivity contribution in [1.82, 2.24) is 8.61 Å². The van der Waals surface area contributed by atoms with Gasteiger partial charge in [-0.1, -0.05) is 10.3 Å². The highest BCUT2D eigenvalue weighted by Crippen LogP contribution is 2.25. The van der Waals surface area contributed by atoms with Crippen molar-refractivity contribution in [2.75, 3.05) is 26.6 Å². The summed E-state index contributed by atoms with van der Waals surface area (Å²) < 4.78 is 75.6. The maximum atomic E-state index is 12.4. The van der Waals surface area contributed by atoms with Crippen LogP contribution in [-0.2, 0) is 9.68 Å². The molecule has 0 aromatic rings. The average molecular weight is 462 g/mol. The molecule has 0 fully saturated rings. The first-order chi connectivity index (χ1) is 12.2. The van der Waals surface area contributed by atoms with Crippen LogP contribution in [0.15, 0.2) is 10.3 Å². The van der Waals surface area contributed by atoms with Gasteiger partial charge in [-0.2, -0.15) is 26.3 Å². The minimum absolute atomic E-state index is 0.192. The maximum Gasteiger partial charge on any atom is 0.447 e. The summed E-state index contributed by atoms with van der Waals surface area (Å²) in [6.45, 7) is 0. The molecule has 0 radical (unpaired) electrons. The second-order valence-electron chi connectivity index (χ2n) is 3.99. The number of amides is 2. The molecule has 0 atom stereocenters. The quantitative estimate of drug-likeness (QED) is 0.155. The first-order valence-electron chi connectivity index (χ1n) is 6.19. The Morgan fingerprint density at radius 1 is 0.778 bits per heavy atom. The van der Waals surface area contributed by atoms with E-state index in [1.54, 1.807) is 0 Å². The van der Waals surface area contributed by atoms with Crippen LogP contribution in [0, 0.1) is 0 Å². The van der Waals surface area contributed by atoms with Crippen LogP contribution >= 0.6 is 35.7 Å². The molecule has 0 unspecified atom stereocenters. The summed E-state index contributed by atoms with van der Waals surface area (Å²) in [5.74, 6) is 0. The number of carbonyl (C=O) groups is 2. The van der Waals surface area contributed by atoms with Crippen LogP contribution in [0.4, 0.5) is 35.9 Å². The topological polar surface area (TPSA) is 83.8 Å². The van der Waals surface area contributed by atoms with E-state index in [0.717, 1.165) is 26.6 Å². The van der Waals surface area contributed by atoms with E-state index in [2.05, 4.69) is 20.0 Å². The lowest BCUT2D eigenvalue weighted by molar-refractivity contribution is -0.0585. The maximum absolute atomic E-state index is 12.4. The largest absolute Gasteiger partial charge is 0.447 e. The van der Waals surface area contributed by atoms with Gasteiger partial charge in [0.1, 0.15) is 0 Å². The van der Waals surface area contributed by atoms with Gasteiger partial charge in [0.25, 0.3) is 0 Å². The third-order valence-corrected chi connectivity index (χ3v) is 4.22. The van der Waals surface area contributed by atoms with Gasteiger partial charge in [-0.15, -0.1) is 23.5 Å². The fourth-order valence-electron chi connectivity index (χ4n) is 0.936. The van der Waals surface area contributed by atoms with Gasteiger partial charge in [0.05, 0.1) is 12.1 Å². The molecule has 0 N–H and O–H groups in total. The molecule has 0 aliphatic heterocycles. The van der Waals surface area contributed by atoms with Crippen molar-refractivity contribution in [2.45, 2.75) is 12.4 Å². The summed E-state index contributed by atoms with van der Waals surface area (Å²) in [4.78, 5) is 31.2. The predicted octanol–water partition coefficient (Wildman–Crippen LogP) is 4.16. The van der Waals surface area contributed by atoms with E-state index >= 15 is 0 Å². The first-order valence-corrected chi connectivity index (χ1v) is 9.37. The lowest BCUT2D eigenvalue weighted by atomic mass is 10.7. The number of halogens is 6. The lowest BCUT2D eigenvalue weighted by Gasteiger charge is -2.19. The molecule has 8 nitrogen and oxygen atoms in total. The molecular formula is C10H12F6N4O4S3. The number of rotatable bonds is 4. The second-order valence-corrected chi connectivity index (χ2v) is 6.84. The second kappa shape index (κ2) is 10.7. The Morgan fingerprint density at radius 3 is 1.30 bits per heavy atom. The van der Waals surface area contributed by atoms with Gasteiger partial charge < -0.3 is 0 Å². The molecule has 0 spiro atoms. The van der Waals surface area contributed by atoms with Crippen molar-refractivity contribution in [3.63, 3.8) is 0 Å². The van der Waals surface area contributed by atoms with E-state index in [9.17, 15) is 35.9 Å². The normalized spacial score (nSPS) is 13.3. The number of nitrogens with zero attached hydrogens (tertiary/aromatic N) is 4. The van der Waals surface area contributed by atoms with Gasteiger partial charge in [0.2, 0.25) is 10.1 Å². The molecule has 0 aliphatic carbocycles. The molecule has 27 heavy (non-hydrogen) atoms. The van der Waals surface area contributed by atoms with Crippen molar-refractivity contribution in [1.29, 1.82) is 0 Å². The first kappa shape index (κ1) is 25.5. The monoisotopic (exact) mass is 462 g/mol. The minimum atomic E-state index is -4.82. The fourth-order valence-corrected chi connectivity index (χ4v) is 2.19. The molecule has 0 aromatic carbocycles. The molecule has 0 heterocycles. The van der Waals surface area contributed by atoms with Crippen molar-refractivity contribution in [3.8, 4) is 0 Å². The summed E-state index contributed by atoms with van der Waals surface area (Å²) in [6, 6.07) is 0. The zero-order chi connectivity index (χ0) is 21.4. The number of alkyl halides is 6. The Bertz CT molecular complexity index is 548. The Hall–Kier alpha value is -1.49. The van der Waals surface area contributed by atoms with Gasteiger partial charge in [-0.3, -0.25) is 9.68 Å². The molecule has 2 amide bonds. The molecule has 0 saturated heterocycles. The highest BCUT2D eigenvalue weighted by Gasteiger charge is 2.37. The number of hydrogen-bond donors (Lipinski definition) is 0. The highest BCUT2D eigenvalue weighted by molar-refractivity contribution is 8.13. The van der Waals surface area contributed by atoms with E-state index in [4.69, 9.17) is 0 Å². The Morgan fingerprint density at radius 2 is 1.07 bits per heavy atom. The molecule has 0 rings (SSSR count). The lowest BCUT2D eigenvalue weighted by Crippen LogP contribution is -2.29. The van der Waals surface area contributed by atoms with Gasteiger partial charge in [0, 0.05) is 14.1 Å². The van der Waals surface area contributed by atoms with Gasteiger partial charge in [-0.25, -0.2) is 18.2 Å². The molecule has 0 aliphatic rings. The molecule has 0 aromatic heterocycles. The molecule has 0 saturated carbocycles. The van der Waals surface area contributed by atoms with Gasteiger partial charge in [-0.05, 0) is 12.5 Å². The Kier molecular flexibility index (Phi) is 10.2. The van der Waals surface area contributed by atoms with Crippen LogP contribution in [0.5, 0.6) is 0 Å². The summed E-state index contributed by atoms with van der Waals surface area (Å²) >= 11 is 0.636. The van der Waals surface area contributed by atoms with E-state index in [-0.39, 0.29) is 35.7 Å². The van der Waals surface area contributed by atoms with Gasteiger partial charge in [0.15, 0.2) is 0 Å². The molecular weight excluding hydrogens is 450 g/mol. The molecule has 0 bridgehead atoms. The van der Waals surface area contributed by atoms with Crippen LogP contribution in [-0.4, -0.2) is 69.8 Å². The Balaban J connectivity index is 4.78. The highest BCUT2D eigenvalue weighted by atomic mass is 32.2. The van der Waals surface area contributed by atoms with E-state index in [1.807, 2.05) is 0 Å². The van der Waals surface area contributed by atoms with Crippen LogP contribution in [0.1, 0.15) is 0 Å². The van der Waals surface area contributed by atoms with Crippen LogP contribution in [0.3, 0.4) is 0 Å². The van der Waals surface area contributed by atoms with Crippen molar-refractivity contribution >= 4 is 57.9 Å². The van der Waals surface area contributed by atoms with Crippen LogP contribution in [0.25, 0.3) is 0 Å². The smallest absolute Gasteiger partial charge is 0.296 e. The van der Waals surface area contributed by atoms with Crippen molar-refractivity contribution in [2.24, 2.45) is 10.3 Å². The Labute approximate surface area is 161 Å². The SMILES string of the molecule is CS/C(=N\OC(=O)N(C)SN(C)C(=O)O/N=C(\SC)C(F)(F)F)C(F)(F)F. The molecule has 17 heteroatoms. The third-order valence-electron chi connectivity index (χ3n) is 2.04. The van der Waals surface area contributed by atoms with E-state index in [1.165, 1.54) is 0 Å². The standard InChI is InChI=1S/C10H12F6N4O4S3/c1-19(7(21)23-17-5(25-3)9(11,12)13)27-20(2)8(22)24-18-6(26-4)10(14,15)16/h1-4H3/b17-5-,18-6-. The molecule has 156 valence electrons. The third kappa shape index (κ3) is 9.32. The number of hydrogen-bond acceptors (Lipinski definition) is 9. The number of thioether (sulfide) groups is 2. The minimum Gasteiger partial charge on any atom is -0.296 e. The predicted molar refractivity (Wildman–Crippen MR) is 90.1 cm³/mol. The summed E-state index contributed by atoms with van der Waals surface area (Å²) in [6.07, 6.45) is -10.3. The van der Waals surface area contributed by atoms with Crippen molar-refractivity contribution < 1.29 is 45.6 Å². The zero-order valence-corrected chi connectivity index (χ0v) is 16.4. The van der Waals surface area contributed by atoms with Crippen molar-refractivity contribution in [3.05, 3.63) is 0 Å². The fraction of sp³-hybridized carbons (Fsp3) is 0.600. The van der Waals surface area contributed by atoms with E-state index in [0.29, 0.717) is 8.61 Å². The number of oxime groups is 2. The summed E-state index contributed by atoms with van der Waals surface area (Å²) in [7, 11) is 2.01.